The molecular weight excluding hydrogens is 556 g/mol. The number of aliphatic imine (C=N–C) groups is 2. The molecule has 45 heavy (non-hydrogen) atoms. The zero-order valence-electron chi connectivity index (χ0n) is 24.2. The number of ketones is 1. The molecule has 0 saturated heterocycles. The molecule has 0 atom stereocenters. The van der Waals surface area contributed by atoms with Crippen LogP contribution in [0, 0.1) is 0 Å². The van der Waals surface area contributed by atoms with E-state index in [1.54, 1.807) is 36.7 Å². The fraction of sp³-hybridized carbons (Fsp3) is 0.0250. The Labute approximate surface area is 261 Å². The van der Waals surface area contributed by atoms with Gasteiger partial charge in [-0.1, -0.05) is 97.1 Å². The zero-order valence-corrected chi connectivity index (χ0v) is 24.2. The lowest BCUT2D eigenvalue weighted by atomic mass is 9.59. The van der Waals surface area contributed by atoms with E-state index < -0.39 is 5.41 Å². The van der Waals surface area contributed by atoms with Gasteiger partial charge >= 0.3 is 0 Å². The molecule has 5 heteroatoms. The number of rotatable bonds is 6. The largest absolute Gasteiger partial charge is 0.507 e. The Morgan fingerprint density at radius 2 is 0.911 bits per heavy atom. The molecule has 6 aromatic rings. The molecule has 0 saturated carbocycles. The number of nitrogens with zero attached hydrogens (tertiary/aromatic N) is 2. The number of hydrogen-bond donors (Lipinski definition) is 2. The van der Waals surface area contributed by atoms with Crippen molar-refractivity contribution in [3.8, 4) is 11.5 Å². The number of benzene rings is 6. The molecule has 216 valence electrons. The van der Waals surface area contributed by atoms with E-state index in [0.29, 0.717) is 33.6 Å². The summed E-state index contributed by atoms with van der Waals surface area (Å²) in [6.07, 6.45) is 3.31. The molecule has 0 heterocycles. The first-order valence-corrected chi connectivity index (χ1v) is 14.6. The number of carbonyl (C=O) groups is 1. The molecule has 0 radical (unpaired) electrons. The molecule has 7 rings (SSSR count). The van der Waals surface area contributed by atoms with Gasteiger partial charge in [0.2, 0.25) is 0 Å². The van der Waals surface area contributed by atoms with Gasteiger partial charge in [-0.2, -0.15) is 0 Å². The molecule has 2 N–H and O–H groups in total. The minimum Gasteiger partial charge on any atom is -0.507 e. The van der Waals surface area contributed by atoms with Crippen LogP contribution in [0.5, 0.6) is 11.5 Å². The summed E-state index contributed by atoms with van der Waals surface area (Å²) in [5, 5.41) is 20.6. The standard InChI is InChI=1S/C40H28N2O3/c43-37-21-7-1-11-27(37)25-41-31-15-9-13-29(23-31)40(30-14-10-16-32(24-30)42-26-28-12-2-8-22-38(28)44)35-19-5-3-17-33(35)39(45)34-18-4-6-20-36(34)40/h1-26,43-44H. The summed E-state index contributed by atoms with van der Waals surface area (Å²) in [5.74, 6) is 0.298. The van der Waals surface area contributed by atoms with Crippen molar-refractivity contribution in [2.24, 2.45) is 9.98 Å². The van der Waals surface area contributed by atoms with Crippen molar-refractivity contribution >= 4 is 29.6 Å². The van der Waals surface area contributed by atoms with Gasteiger partial charge in [0.15, 0.2) is 5.78 Å². The summed E-state index contributed by atoms with van der Waals surface area (Å²) >= 11 is 0. The normalized spacial score (nSPS) is 13.6. The molecule has 0 bridgehead atoms. The van der Waals surface area contributed by atoms with Gasteiger partial charge in [-0.05, 0) is 70.8 Å². The predicted molar refractivity (Wildman–Crippen MR) is 179 cm³/mol. The maximum atomic E-state index is 13.9. The van der Waals surface area contributed by atoms with E-state index in [1.165, 1.54) is 0 Å². The van der Waals surface area contributed by atoms with Crippen LogP contribution in [-0.4, -0.2) is 28.4 Å². The lowest BCUT2D eigenvalue weighted by molar-refractivity contribution is 0.103. The number of para-hydroxylation sites is 2. The second kappa shape index (κ2) is 11.5. The Morgan fingerprint density at radius 1 is 0.489 bits per heavy atom. The maximum Gasteiger partial charge on any atom is 0.193 e. The quantitative estimate of drug-likeness (QED) is 0.192. The van der Waals surface area contributed by atoms with Crippen molar-refractivity contribution in [1.82, 2.24) is 0 Å². The van der Waals surface area contributed by atoms with Crippen LogP contribution in [0.2, 0.25) is 0 Å². The van der Waals surface area contributed by atoms with Crippen molar-refractivity contribution in [1.29, 1.82) is 0 Å². The fourth-order valence-corrected chi connectivity index (χ4v) is 6.22. The average Bonchev–Trinajstić information content (AvgIpc) is 3.08. The number of hydrogen-bond acceptors (Lipinski definition) is 5. The Hall–Kier alpha value is -6.07. The Balaban J connectivity index is 1.46. The van der Waals surface area contributed by atoms with Gasteiger partial charge in [-0.25, -0.2) is 0 Å². The van der Waals surface area contributed by atoms with Gasteiger partial charge < -0.3 is 10.2 Å². The first kappa shape index (κ1) is 27.7. The van der Waals surface area contributed by atoms with Gasteiger partial charge in [0.1, 0.15) is 11.5 Å². The minimum absolute atomic E-state index is 0.0146. The average molecular weight is 585 g/mol. The summed E-state index contributed by atoms with van der Waals surface area (Å²) < 4.78 is 0. The van der Waals surface area contributed by atoms with Gasteiger partial charge in [0.05, 0.1) is 16.8 Å². The number of phenolic OH excluding ortho intramolecular Hbond substituents is 2. The van der Waals surface area contributed by atoms with Crippen LogP contribution >= 0.6 is 0 Å². The fourth-order valence-electron chi connectivity index (χ4n) is 6.22. The maximum absolute atomic E-state index is 13.9. The third-order valence-corrected chi connectivity index (χ3v) is 8.29. The van der Waals surface area contributed by atoms with E-state index in [2.05, 4.69) is 12.1 Å². The molecule has 0 aromatic heterocycles. The van der Waals surface area contributed by atoms with Crippen molar-refractivity contribution in [2.75, 3.05) is 0 Å². The summed E-state index contributed by atoms with van der Waals surface area (Å²) in [5.41, 5.74) is 6.67. The summed E-state index contributed by atoms with van der Waals surface area (Å²) in [6.45, 7) is 0. The summed E-state index contributed by atoms with van der Waals surface area (Å²) in [7, 11) is 0. The van der Waals surface area contributed by atoms with Crippen LogP contribution in [0.4, 0.5) is 11.4 Å². The van der Waals surface area contributed by atoms with Crippen LogP contribution in [0.25, 0.3) is 0 Å². The second-order valence-electron chi connectivity index (χ2n) is 10.9. The number of phenols is 2. The van der Waals surface area contributed by atoms with Crippen LogP contribution < -0.4 is 0 Å². The van der Waals surface area contributed by atoms with E-state index in [0.717, 1.165) is 22.3 Å². The lowest BCUT2D eigenvalue weighted by Crippen LogP contribution is -2.38. The summed E-state index contributed by atoms with van der Waals surface area (Å²) in [6, 6.07) is 45.7. The molecule has 0 spiro atoms. The van der Waals surface area contributed by atoms with Crippen LogP contribution in [-0.2, 0) is 5.41 Å². The third-order valence-electron chi connectivity index (χ3n) is 8.29. The van der Waals surface area contributed by atoms with E-state index in [1.807, 2.05) is 109 Å². The molecule has 0 amide bonds. The van der Waals surface area contributed by atoms with Gasteiger partial charge in [0, 0.05) is 34.7 Å². The van der Waals surface area contributed by atoms with Crippen LogP contribution in [0.3, 0.4) is 0 Å². The third kappa shape index (κ3) is 4.90. The van der Waals surface area contributed by atoms with Crippen molar-refractivity contribution in [3.05, 3.63) is 190 Å². The number of carbonyl (C=O) groups excluding carboxylic acids is 1. The van der Waals surface area contributed by atoms with E-state index in [4.69, 9.17) is 9.98 Å². The molecule has 1 aliphatic rings. The molecule has 0 unspecified atom stereocenters. The Morgan fingerprint density at radius 3 is 1.38 bits per heavy atom. The molecular formula is C40H28N2O3. The Kier molecular flexibility index (Phi) is 7.12. The van der Waals surface area contributed by atoms with Crippen molar-refractivity contribution in [2.45, 2.75) is 5.41 Å². The molecule has 0 aliphatic heterocycles. The zero-order chi connectivity index (χ0) is 30.8. The number of aromatic hydroxyl groups is 2. The van der Waals surface area contributed by atoms with E-state index in [9.17, 15) is 15.0 Å². The minimum atomic E-state index is -0.873. The highest BCUT2D eigenvalue weighted by molar-refractivity contribution is 6.14. The number of fused-ring (bicyclic) bond motifs is 2. The van der Waals surface area contributed by atoms with Gasteiger partial charge in [-0.3, -0.25) is 14.8 Å². The van der Waals surface area contributed by atoms with E-state index in [-0.39, 0.29) is 17.3 Å². The SMILES string of the molecule is O=C1c2ccccc2C(c2cccc(N=Cc3ccccc3O)c2)(c2cccc(N=Cc3ccccc3O)c2)c2ccccc21. The van der Waals surface area contributed by atoms with E-state index >= 15 is 0 Å². The first-order chi connectivity index (χ1) is 22.1. The van der Waals surface area contributed by atoms with Crippen LogP contribution in [0.15, 0.2) is 156 Å². The smallest absolute Gasteiger partial charge is 0.193 e. The highest BCUT2D eigenvalue weighted by atomic mass is 16.3. The second-order valence-corrected chi connectivity index (χ2v) is 10.9. The first-order valence-electron chi connectivity index (χ1n) is 14.6. The molecule has 6 aromatic carbocycles. The summed E-state index contributed by atoms with van der Waals surface area (Å²) in [4.78, 5) is 23.3. The van der Waals surface area contributed by atoms with Gasteiger partial charge in [-0.15, -0.1) is 0 Å². The molecule has 1 aliphatic carbocycles. The van der Waals surface area contributed by atoms with Crippen molar-refractivity contribution in [3.63, 3.8) is 0 Å². The predicted octanol–water partition coefficient (Wildman–Crippen LogP) is 8.53. The highest BCUT2D eigenvalue weighted by Gasteiger charge is 2.46. The van der Waals surface area contributed by atoms with Crippen LogP contribution in [0.1, 0.15) is 49.3 Å². The highest BCUT2D eigenvalue weighted by Crippen LogP contribution is 2.51. The topological polar surface area (TPSA) is 82.2 Å². The monoisotopic (exact) mass is 584 g/mol. The Bertz CT molecular complexity index is 1980. The van der Waals surface area contributed by atoms with Gasteiger partial charge in [0.25, 0.3) is 0 Å². The molecule has 0 fully saturated rings. The lowest BCUT2D eigenvalue weighted by Gasteiger charge is -2.41. The van der Waals surface area contributed by atoms with Crippen molar-refractivity contribution < 1.29 is 15.0 Å². The molecule has 5 nitrogen and oxygen atoms in total.